The van der Waals surface area contributed by atoms with E-state index in [1.807, 2.05) is 0 Å². The van der Waals surface area contributed by atoms with E-state index < -0.39 is 38.1 Å². The van der Waals surface area contributed by atoms with E-state index in [1.54, 1.807) is 0 Å². The van der Waals surface area contributed by atoms with Gasteiger partial charge in [0.05, 0.1) is 0 Å². The molecule has 0 aliphatic carbocycles. The summed E-state index contributed by atoms with van der Waals surface area (Å²) in [5, 5.41) is 17.6. The van der Waals surface area contributed by atoms with Gasteiger partial charge in [-0.25, -0.2) is 0 Å². The van der Waals surface area contributed by atoms with Crippen LogP contribution in [0.15, 0.2) is 17.0 Å². The molecule has 0 aromatic heterocycles. The van der Waals surface area contributed by atoms with Gasteiger partial charge in [-0.15, -0.1) is 0 Å². The summed E-state index contributed by atoms with van der Waals surface area (Å²) in [5.74, 6) is -3.23. The van der Waals surface area contributed by atoms with Crippen LogP contribution in [0.5, 0.6) is 0 Å². The van der Waals surface area contributed by atoms with Crippen molar-refractivity contribution >= 4 is 52.8 Å². The van der Waals surface area contributed by atoms with Crippen LogP contribution in [0.4, 0.5) is 0 Å². The van der Waals surface area contributed by atoms with Crippen molar-refractivity contribution in [2.24, 2.45) is 0 Å². The third-order valence-electron chi connectivity index (χ3n) is 1.95. The Bertz CT molecular complexity index is 569. The Balaban J connectivity index is 3.85. The molecule has 0 saturated carbocycles. The minimum absolute atomic E-state index is 0.344. The van der Waals surface area contributed by atoms with Gasteiger partial charge in [0.1, 0.15) is 0 Å². The van der Waals surface area contributed by atoms with Gasteiger partial charge < -0.3 is 0 Å². The fourth-order valence-corrected chi connectivity index (χ4v) is 2.79. The summed E-state index contributed by atoms with van der Waals surface area (Å²) in [6, 6.07) is 2.06. The first-order valence-electron chi connectivity index (χ1n) is 4.23. The molecule has 0 aliphatic rings. The van der Waals surface area contributed by atoms with Crippen molar-refractivity contribution in [3.8, 4) is 0 Å². The van der Waals surface area contributed by atoms with Crippen molar-refractivity contribution in [3.05, 3.63) is 23.3 Å². The third-order valence-corrected chi connectivity index (χ3v) is 3.49. The number of carboxylic acids is 2. The van der Waals surface area contributed by atoms with Crippen LogP contribution >= 0.6 is 0 Å². The first-order valence-corrected chi connectivity index (χ1v) is 6.67. The predicted octanol–water partition coefficient (Wildman–Crippen LogP) is -0.876. The van der Waals surface area contributed by atoms with E-state index in [9.17, 15) is 18.0 Å². The Morgan fingerprint density at radius 2 is 1.41 bits per heavy atom. The third kappa shape index (κ3) is 3.05. The molecule has 7 nitrogen and oxygen atoms in total. The molecule has 0 spiro atoms. The van der Waals surface area contributed by atoms with Crippen LogP contribution in [0.3, 0.4) is 0 Å². The molecule has 0 saturated heterocycles. The van der Waals surface area contributed by atoms with Crippen LogP contribution in [0, 0.1) is 0 Å². The van der Waals surface area contributed by atoms with Crippen molar-refractivity contribution in [1.82, 2.24) is 0 Å². The van der Waals surface area contributed by atoms with Crippen LogP contribution in [0.1, 0.15) is 20.7 Å². The molecule has 0 amide bonds. The van der Waals surface area contributed by atoms with E-state index in [4.69, 9.17) is 14.8 Å². The monoisotopic (exact) mass is 268 g/mol. The van der Waals surface area contributed by atoms with E-state index in [0.717, 1.165) is 12.1 Å². The number of carboxylic acid groups (broad SMARTS) is 2. The molecule has 3 N–H and O–H groups in total. The molecule has 0 bridgehead atoms. The topological polar surface area (TPSA) is 129 Å². The zero-order valence-corrected chi connectivity index (χ0v) is 11.4. The summed E-state index contributed by atoms with van der Waals surface area (Å²) >= 11 is 0.344. The average molecular weight is 268 g/mol. The van der Waals surface area contributed by atoms with Gasteiger partial charge in [-0.1, -0.05) is 0 Å². The van der Waals surface area contributed by atoms with Crippen LogP contribution in [0.25, 0.3) is 0 Å². The van der Waals surface area contributed by atoms with Gasteiger partial charge in [0, 0.05) is 0 Å². The van der Waals surface area contributed by atoms with E-state index >= 15 is 0 Å². The molecule has 0 radical (unpaired) electrons. The fraction of sp³-hybridized carbons (Fsp3) is 0. The maximum atomic E-state index is 11.0. The van der Waals surface area contributed by atoms with Gasteiger partial charge in [-0.2, -0.15) is 0 Å². The van der Waals surface area contributed by atoms with Gasteiger partial charge in [0.2, 0.25) is 0 Å². The molecule has 1 rings (SSSR count). The molecule has 0 atom stereocenters. The van der Waals surface area contributed by atoms with Crippen molar-refractivity contribution in [1.29, 1.82) is 0 Å². The Morgan fingerprint density at radius 3 is 1.65 bits per heavy atom. The maximum absolute atomic E-state index is 11.0. The predicted molar refractivity (Wildman–Crippen MR) is 55.6 cm³/mol. The van der Waals surface area contributed by atoms with Crippen molar-refractivity contribution in [2.45, 2.75) is 4.90 Å². The molecule has 1 aromatic carbocycles. The second kappa shape index (κ2) is 4.75. The van der Waals surface area contributed by atoms with Crippen molar-refractivity contribution < 1.29 is 32.8 Å². The standard InChI is InChI=1S/C8H5O7S.Na/c9-7(10)4-2-1-3-5(8(11)12)6(4)16(13,14)15;/h2-3H,(H,9,10)(H,11,12)(H,13,14,15);. The molecule has 9 heteroatoms. The van der Waals surface area contributed by atoms with E-state index in [0.29, 0.717) is 30.7 Å². The number of hydrogen-bond donors (Lipinski definition) is 3. The van der Waals surface area contributed by atoms with Gasteiger partial charge >= 0.3 is 114 Å². The van der Waals surface area contributed by atoms with Gasteiger partial charge in [-0.3, -0.25) is 0 Å². The van der Waals surface area contributed by atoms with E-state index in [2.05, 4.69) is 0 Å². The summed E-state index contributed by atoms with van der Waals surface area (Å²) in [7, 11) is -4.92. The molecule has 0 fully saturated rings. The summed E-state index contributed by atoms with van der Waals surface area (Å²) in [4.78, 5) is 20.6. The molecule has 0 unspecified atom stereocenters. The molecule has 1 aromatic rings. The van der Waals surface area contributed by atoms with Crippen molar-refractivity contribution in [3.63, 3.8) is 0 Å². The molecular weight excluding hydrogens is 263 g/mol. The second-order valence-electron chi connectivity index (χ2n) is 3.27. The number of carbonyl (C=O) groups is 2. The SMILES string of the molecule is O=C(O)c1c[c]([Na])cc(C(=O)O)c1S(=O)(=O)O. The fourth-order valence-electron chi connectivity index (χ4n) is 1.37. The Kier molecular flexibility index (Phi) is 3.95. The summed E-state index contributed by atoms with van der Waals surface area (Å²) in [5.41, 5.74) is -1.48. The number of aromatic carboxylic acids is 2. The van der Waals surface area contributed by atoms with Crippen LogP contribution in [-0.4, -0.2) is 63.1 Å². The quantitative estimate of drug-likeness (QED) is 0.479. The Hall–Kier alpha value is -0.930. The van der Waals surface area contributed by atoms with Crippen molar-refractivity contribution in [2.75, 3.05) is 0 Å². The molecule has 0 aliphatic heterocycles. The number of benzene rings is 1. The number of rotatable bonds is 3. The average Bonchev–Trinajstić information content (AvgIpc) is 2.14. The zero-order chi connectivity index (χ0) is 13.4. The van der Waals surface area contributed by atoms with Gasteiger partial charge in [0.15, 0.2) is 0 Å². The van der Waals surface area contributed by atoms with Gasteiger partial charge in [-0.05, 0) is 0 Å². The van der Waals surface area contributed by atoms with Gasteiger partial charge in [0.25, 0.3) is 0 Å². The Labute approximate surface area is 113 Å². The zero-order valence-electron chi connectivity index (χ0n) is 8.54. The molecular formula is C8H5NaO7S. The molecule has 86 valence electrons. The Morgan fingerprint density at radius 1 is 1.06 bits per heavy atom. The van der Waals surface area contributed by atoms with Crippen LogP contribution < -0.4 is 2.81 Å². The molecule has 0 heterocycles. The second-order valence-corrected chi connectivity index (χ2v) is 5.79. The summed E-state index contributed by atoms with van der Waals surface area (Å²) < 4.78 is 31.4. The molecule has 17 heavy (non-hydrogen) atoms. The minimum atomic E-state index is -4.92. The van der Waals surface area contributed by atoms with Crippen LogP contribution in [0.2, 0.25) is 0 Å². The summed E-state index contributed by atoms with van der Waals surface area (Å²) in [6.45, 7) is 0. The van der Waals surface area contributed by atoms with E-state index in [1.165, 1.54) is 0 Å². The van der Waals surface area contributed by atoms with Crippen LogP contribution in [-0.2, 0) is 10.1 Å². The first kappa shape index (κ1) is 14.1. The summed E-state index contributed by atoms with van der Waals surface area (Å²) in [6.07, 6.45) is 0. The van der Waals surface area contributed by atoms with E-state index in [-0.39, 0.29) is 0 Å². The first-order chi connectivity index (χ1) is 7.64. The number of hydrogen-bond acceptors (Lipinski definition) is 4. The normalized spacial score (nSPS) is 11.2.